The Morgan fingerprint density at radius 2 is 1.77 bits per heavy atom. The van der Waals surface area contributed by atoms with Gasteiger partial charge in [0.2, 0.25) is 5.91 Å². The first-order valence-electron chi connectivity index (χ1n) is 8.19. The first-order valence-corrected chi connectivity index (χ1v) is 8.19. The summed E-state index contributed by atoms with van der Waals surface area (Å²) in [7, 11) is 1.53. The van der Waals surface area contributed by atoms with Crippen LogP contribution in [0.4, 0.5) is 0 Å². The summed E-state index contributed by atoms with van der Waals surface area (Å²) in [4.78, 5) is 38.0. The first kappa shape index (κ1) is 17.5. The number of carbonyl (C=O) groups excluding carboxylic acids is 1. The number of nitrogens with two attached hydrogens (primary N) is 1. The highest BCUT2D eigenvalue weighted by atomic mass is 16.5. The lowest BCUT2D eigenvalue weighted by atomic mass is 10.1. The Morgan fingerprint density at radius 1 is 1.12 bits per heavy atom. The Morgan fingerprint density at radius 3 is 2.35 bits per heavy atom. The number of primary amides is 1. The lowest BCUT2D eigenvalue weighted by molar-refractivity contribution is -0.121. The van der Waals surface area contributed by atoms with Crippen LogP contribution in [0, 0.1) is 0 Å². The van der Waals surface area contributed by atoms with Crippen molar-refractivity contribution in [3.63, 3.8) is 0 Å². The molecule has 0 aliphatic heterocycles. The number of ether oxygens (including phenoxy) is 1. The van der Waals surface area contributed by atoms with Gasteiger partial charge in [-0.25, -0.2) is 9.36 Å². The molecular weight excluding hydrogens is 334 g/mol. The van der Waals surface area contributed by atoms with Gasteiger partial charge in [0, 0.05) is 0 Å². The molecule has 2 N–H and O–H groups in total. The summed E-state index contributed by atoms with van der Waals surface area (Å²) in [6.07, 6.45) is 0.333. The van der Waals surface area contributed by atoms with E-state index in [1.165, 1.54) is 11.7 Å². The molecule has 1 heterocycles. The van der Waals surface area contributed by atoms with E-state index in [1.807, 2.05) is 0 Å². The summed E-state index contributed by atoms with van der Waals surface area (Å²) < 4.78 is 7.46. The zero-order chi connectivity index (χ0) is 18.8. The molecule has 26 heavy (non-hydrogen) atoms. The Hall–Kier alpha value is -3.35. The van der Waals surface area contributed by atoms with Crippen LogP contribution in [0.3, 0.4) is 0 Å². The van der Waals surface area contributed by atoms with Crippen molar-refractivity contribution < 1.29 is 9.53 Å². The van der Waals surface area contributed by atoms with Crippen LogP contribution in [-0.4, -0.2) is 22.2 Å². The van der Waals surface area contributed by atoms with Crippen molar-refractivity contribution in [1.82, 2.24) is 9.13 Å². The molecule has 0 aliphatic carbocycles. The van der Waals surface area contributed by atoms with Crippen molar-refractivity contribution in [3.8, 4) is 11.4 Å². The number of amides is 1. The van der Waals surface area contributed by atoms with E-state index in [2.05, 4.69) is 0 Å². The largest absolute Gasteiger partial charge is 0.497 e. The van der Waals surface area contributed by atoms with Gasteiger partial charge in [-0.15, -0.1) is 0 Å². The molecule has 0 aliphatic rings. The molecule has 0 saturated heterocycles. The van der Waals surface area contributed by atoms with Crippen molar-refractivity contribution >= 4 is 16.8 Å². The minimum Gasteiger partial charge on any atom is -0.497 e. The predicted molar refractivity (Wildman–Crippen MR) is 98.9 cm³/mol. The van der Waals surface area contributed by atoms with Gasteiger partial charge in [-0.2, -0.15) is 0 Å². The topological polar surface area (TPSA) is 96.3 Å². The monoisotopic (exact) mass is 353 g/mol. The quantitative estimate of drug-likeness (QED) is 0.753. The van der Waals surface area contributed by atoms with Gasteiger partial charge in [-0.1, -0.05) is 19.1 Å². The molecule has 7 nitrogen and oxygen atoms in total. The fourth-order valence-electron chi connectivity index (χ4n) is 3.05. The van der Waals surface area contributed by atoms with E-state index in [0.29, 0.717) is 28.8 Å². The van der Waals surface area contributed by atoms with E-state index in [1.54, 1.807) is 55.5 Å². The molecule has 0 saturated carbocycles. The van der Waals surface area contributed by atoms with Crippen molar-refractivity contribution in [2.75, 3.05) is 7.11 Å². The highest BCUT2D eigenvalue weighted by Crippen LogP contribution is 2.18. The predicted octanol–water partition coefficient (Wildman–Crippen LogP) is 1.60. The molecule has 0 bridgehead atoms. The lowest BCUT2D eigenvalue weighted by Gasteiger charge is -2.19. The second-order valence-electron chi connectivity index (χ2n) is 5.83. The normalized spacial score (nSPS) is 12.1. The third-order valence-corrected chi connectivity index (χ3v) is 4.35. The molecule has 2 aromatic carbocycles. The first-order chi connectivity index (χ1) is 12.5. The van der Waals surface area contributed by atoms with Gasteiger partial charge in [0.05, 0.1) is 23.7 Å². The molecule has 0 fully saturated rings. The fraction of sp³-hybridized carbons (Fsp3) is 0.211. The molecule has 3 aromatic rings. The molecule has 7 heteroatoms. The Bertz CT molecular complexity index is 1080. The average Bonchev–Trinajstić information content (AvgIpc) is 2.65. The van der Waals surface area contributed by atoms with Crippen molar-refractivity contribution in [3.05, 3.63) is 69.4 Å². The van der Waals surface area contributed by atoms with Crippen LogP contribution >= 0.6 is 0 Å². The number of benzene rings is 2. The Balaban J connectivity index is 2.42. The van der Waals surface area contributed by atoms with E-state index in [9.17, 15) is 14.4 Å². The molecular formula is C19H19N3O4. The molecule has 1 amide bonds. The maximum atomic E-state index is 13.2. The van der Waals surface area contributed by atoms with Crippen molar-refractivity contribution in [2.45, 2.75) is 19.4 Å². The van der Waals surface area contributed by atoms with E-state index in [4.69, 9.17) is 10.5 Å². The summed E-state index contributed by atoms with van der Waals surface area (Å²) in [6, 6.07) is 12.4. The number of methoxy groups -OCH3 is 1. The SMILES string of the molecule is CCC(C(N)=O)n1c(=O)n(-c2ccc(OC)cc2)c(=O)c2ccccc21. The van der Waals surface area contributed by atoms with Crippen LogP contribution < -0.4 is 21.7 Å². The molecule has 1 aromatic heterocycles. The van der Waals surface area contributed by atoms with Gasteiger partial charge in [-0.3, -0.25) is 14.2 Å². The number of hydrogen-bond donors (Lipinski definition) is 1. The number of hydrogen-bond acceptors (Lipinski definition) is 4. The third-order valence-electron chi connectivity index (χ3n) is 4.35. The number of fused-ring (bicyclic) bond motifs is 1. The summed E-state index contributed by atoms with van der Waals surface area (Å²) in [5.74, 6) is -0.0221. The van der Waals surface area contributed by atoms with Crippen molar-refractivity contribution in [1.29, 1.82) is 0 Å². The van der Waals surface area contributed by atoms with Crippen LogP contribution in [0.2, 0.25) is 0 Å². The maximum Gasteiger partial charge on any atom is 0.336 e. The zero-order valence-electron chi connectivity index (χ0n) is 14.5. The second-order valence-corrected chi connectivity index (χ2v) is 5.83. The second kappa shape index (κ2) is 6.87. The smallest absolute Gasteiger partial charge is 0.336 e. The summed E-state index contributed by atoms with van der Waals surface area (Å²) in [6.45, 7) is 1.76. The van der Waals surface area contributed by atoms with Gasteiger partial charge < -0.3 is 10.5 Å². The van der Waals surface area contributed by atoms with E-state index >= 15 is 0 Å². The highest BCUT2D eigenvalue weighted by Gasteiger charge is 2.23. The molecule has 0 radical (unpaired) electrons. The number of para-hydroxylation sites is 1. The molecule has 134 valence electrons. The number of nitrogens with zero attached hydrogens (tertiary/aromatic N) is 2. The fourth-order valence-corrected chi connectivity index (χ4v) is 3.05. The van der Waals surface area contributed by atoms with Crippen LogP contribution in [0.5, 0.6) is 5.75 Å². The van der Waals surface area contributed by atoms with Gasteiger partial charge in [-0.05, 0) is 42.8 Å². The minimum atomic E-state index is -0.850. The van der Waals surface area contributed by atoms with E-state index < -0.39 is 23.2 Å². The molecule has 3 rings (SSSR count). The lowest BCUT2D eigenvalue weighted by Crippen LogP contribution is -2.43. The number of aromatic nitrogens is 2. The molecule has 1 atom stereocenters. The standard InChI is InChI=1S/C19H19N3O4/c1-3-15(17(20)23)22-16-7-5-4-6-14(16)18(24)21(19(22)25)12-8-10-13(26-2)11-9-12/h4-11,15H,3H2,1-2H3,(H2,20,23). The zero-order valence-corrected chi connectivity index (χ0v) is 14.5. The van der Waals surface area contributed by atoms with Crippen LogP contribution in [0.15, 0.2) is 58.1 Å². The number of carbonyl (C=O) groups is 1. The minimum absolute atomic E-state index is 0.333. The molecule has 0 spiro atoms. The summed E-state index contributed by atoms with van der Waals surface area (Å²) in [5, 5.41) is 0.336. The van der Waals surface area contributed by atoms with E-state index in [0.717, 1.165) is 4.57 Å². The third kappa shape index (κ3) is 2.77. The Kier molecular flexibility index (Phi) is 4.62. The maximum absolute atomic E-state index is 13.2. The van der Waals surface area contributed by atoms with Gasteiger partial charge in [0.1, 0.15) is 11.8 Å². The van der Waals surface area contributed by atoms with Crippen LogP contribution in [0.1, 0.15) is 19.4 Å². The van der Waals surface area contributed by atoms with Crippen LogP contribution in [0.25, 0.3) is 16.6 Å². The average molecular weight is 353 g/mol. The van der Waals surface area contributed by atoms with Crippen molar-refractivity contribution in [2.24, 2.45) is 5.73 Å². The van der Waals surface area contributed by atoms with Gasteiger partial charge >= 0.3 is 5.69 Å². The summed E-state index contributed by atoms with van der Waals surface area (Å²) >= 11 is 0. The summed E-state index contributed by atoms with van der Waals surface area (Å²) in [5.41, 5.74) is 5.22. The number of rotatable bonds is 5. The van der Waals surface area contributed by atoms with Gasteiger partial charge in [0.25, 0.3) is 5.56 Å². The Labute approximate surface area is 149 Å². The van der Waals surface area contributed by atoms with Crippen LogP contribution in [-0.2, 0) is 4.79 Å². The highest BCUT2D eigenvalue weighted by molar-refractivity contribution is 5.83. The van der Waals surface area contributed by atoms with E-state index in [-0.39, 0.29) is 0 Å². The molecule has 1 unspecified atom stereocenters. The van der Waals surface area contributed by atoms with Gasteiger partial charge in [0.15, 0.2) is 0 Å².